The summed E-state index contributed by atoms with van der Waals surface area (Å²) in [6.45, 7) is 1.99. The molecular formula is C22H24N2O6. The topological polar surface area (TPSA) is 111 Å². The van der Waals surface area contributed by atoms with Gasteiger partial charge < -0.3 is 14.8 Å². The zero-order valence-electron chi connectivity index (χ0n) is 16.7. The fourth-order valence-electron chi connectivity index (χ4n) is 2.38. The number of para-hydroxylation sites is 1. The largest absolute Gasteiger partial charge is 0.494 e. The van der Waals surface area contributed by atoms with Crippen LogP contribution in [-0.2, 0) is 14.3 Å². The summed E-state index contributed by atoms with van der Waals surface area (Å²) in [5, 5.41) is 4.52. The highest BCUT2D eigenvalue weighted by atomic mass is 16.5. The van der Waals surface area contributed by atoms with E-state index in [1.54, 1.807) is 54.6 Å². The fourth-order valence-corrected chi connectivity index (χ4v) is 2.38. The lowest BCUT2D eigenvalue weighted by atomic mass is 10.1. The van der Waals surface area contributed by atoms with Gasteiger partial charge in [-0.3, -0.25) is 19.7 Å². The van der Waals surface area contributed by atoms with Crippen molar-refractivity contribution >= 4 is 29.4 Å². The quantitative estimate of drug-likeness (QED) is 0.457. The number of benzene rings is 2. The van der Waals surface area contributed by atoms with Crippen LogP contribution in [0.25, 0.3) is 0 Å². The van der Waals surface area contributed by atoms with E-state index in [4.69, 9.17) is 9.47 Å². The minimum absolute atomic E-state index is 0.0515. The number of hydrogen-bond donors (Lipinski definition) is 2. The second-order valence-electron chi connectivity index (χ2n) is 6.33. The number of ether oxygens (including phenoxy) is 2. The molecule has 2 rings (SSSR count). The van der Waals surface area contributed by atoms with Crippen molar-refractivity contribution in [2.24, 2.45) is 0 Å². The summed E-state index contributed by atoms with van der Waals surface area (Å²) < 4.78 is 10.3. The Morgan fingerprint density at radius 2 is 1.60 bits per heavy atom. The van der Waals surface area contributed by atoms with Crippen molar-refractivity contribution in [3.63, 3.8) is 0 Å². The van der Waals surface area contributed by atoms with Crippen molar-refractivity contribution in [2.75, 3.05) is 18.5 Å². The summed E-state index contributed by atoms with van der Waals surface area (Å²) in [6.07, 6.45) is 0.666. The average Bonchev–Trinajstić information content (AvgIpc) is 2.75. The van der Waals surface area contributed by atoms with Gasteiger partial charge in [0.25, 0.3) is 5.91 Å². The van der Waals surface area contributed by atoms with E-state index in [0.29, 0.717) is 23.6 Å². The second-order valence-corrected chi connectivity index (χ2v) is 6.33. The van der Waals surface area contributed by atoms with Gasteiger partial charge in [-0.25, -0.2) is 4.79 Å². The molecule has 2 aromatic carbocycles. The SMILES string of the molecule is CCCOc1ccc(C(=O)CCC(=O)OCC(=O)NC(=O)Nc2ccccc2)cc1. The van der Waals surface area contributed by atoms with E-state index in [1.165, 1.54) is 0 Å². The molecule has 2 aromatic rings. The summed E-state index contributed by atoms with van der Waals surface area (Å²) in [5.41, 5.74) is 0.977. The summed E-state index contributed by atoms with van der Waals surface area (Å²) in [6, 6.07) is 14.5. The lowest BCUT2D eigenvalue weighted by Crippen LogP contribution is -2.37. The zero-order chi connectivity index (χ0) is 21.8. The first-order valence-electron chi connectivity index (χ1n) is 9.55. The van der Waals surface area contributed by atoms with Gasteiger partial charge in [-0.2, -0.15) is 0 Å². The molecular weight excluding hydrogens is 388 g/mol. The van der Waals surface area contributed by atoms with Crippen LogP contribution < -0.4 is 15.4 Å². The van der Waals surface area contributed by atoms with E-state index in [9.17, 15) is 19.2 Å². The first kappa shape index (κ1) is 22.6. The highest BCUT2D eigenvalue weighted by molar-refractivity contribution is 6.02. The van der Waals surface area contributed by atoms with Crippen LogP contribution in [0.15, 0.2) is 54.6 Å². The molecule has 8 nitrogen and oxygen atoms in total. The maximum Gasteiger partial charge on any atom is 0.325 e. The molecule has 0 fully saturated rings. The Morgan fingerprint density at radius 3 is 2.27 bits per heavy atom. The minimum Gasteiger partial charge on any atom is -0.494 e. The predicted molar refractivity (Wildman–Crippen MR) is 110 cm³/mol. The van der Waals surface area contributed by atoms with E-state index in [1.807, 2.05) is 12.2 Å². The van der Waals surface area contributed by atoms with Crippen LogP contribution >= 0.6 is 0 Å². The molecule has 0 heterocycles. The third-order valence-corrected chi connectivity index (χ3v) is 3.85. The Hall–Kier alpha value is -3.68. The number of urea groups is 1. The van der Waals surface area contributed by atoms with E-state index < -0.39 is 24.5 Å². The lowest BCUT2D eigenvalue weighted by Gasteiger charge is -2.08. The molecule has 158 valence electrons. The molecule has 8 heteroatoms. The van der Waals surface area contributed by atoms with Crippen LogP contribution in [0, 0.1) is 0 Å². The number of imide groups is 1. The minimum atomic E-state index is -0.772. The molecule has 0 aliphatic carbocycles. The first-order chi connectivity index (χ1) is 14.5. The number of Topliss-reactive ketones (excluding diaryl/α,β-unsaturated/α-hetero) is 1. The normalized spacial score (nSPS) is 10.0. The van der Waals surface area contributed by atoms with Crippen molar-refractivity contribution < 1.29 is 28.7 Å². The van der Waals surface area contributed by atoms with Gasteiger partial charge >= 0.3 is 12.0 Å². The Balaban J connectivity index is 1.67. The number of amides is 3. The van der Waals surface area contributed by atoms with Gasteiger partial charge in [0.15, 0.2) is 12.4 Å². The molecule has 0 radical (unpaired) electrons. The first-order valence-corrected chi connectivity index (χ1v) is 9.55. The van der Waals surface area contributed by atoms with Gasteiger partial charge in [-0.05, 0) is 42.8 Å². The molecule has 0 spiro atoms. The number of esters is 1. The fraction of sp³-hybridized carbons (Fsp3) is 0.273. The molecule has 3 amide bonds. The molecule has 0 saturated carbocycles. The van der Waals surface area contributed by atoms with Gasteiger partial charge in [-0.15, -0.1) is 0 Å². The summed E-state index contributed by atoms with van der Waals surface area (Å²) in [7, 11) is 0. The van der Waals surface area contributed by atoms with Gasteiger partial charge in [0.2, 0.25) is 0 Å². The average molecular weight is 412 g/mol. The maximum absolute atomic E-state index is 12.2. The molecule has 0 aromatic heterocycles. The Kier molecular flexibility index (Phi) is 9.05. The van der Waals surface area contributed by atoms with Crippen LogP contribution in [0.2, 0.25) is 0 Å². The monoisotopic (exact) mass is 412 g/mol. The van der Waals surface area contributed by atoms with E-state index in [0.717, 1.165) is 6.42 Å². The summed E-state index contributed by atoms with van der Waals surface area (Å²) >= 11 is 0. The maximum atomic E-state index is 12.2. The van der Waals surface area contributed by atoms with Crippen molar-refractivity contribution in [3.8, 4) is 5.75 Å². The van der Waals surface area contributed by atoms with Gasteiger partial charge in [-0.1, -0.05) is 25.1 Å². The smallest absolute Gasteiger partial charge is 0.325 e. The molecule has 0 unspecified atom stereocenters. The molecule has 0 bridgehead atoms. The third kappa shape index (κ3) is 8.14. The number of hydrogen-bond acceptors (Lipinski definition) is 6. The van der Waals surface area contributed by atoms with E-state index >= 15 is 0 Å². The number of carbonyl (C=O) groups excluding carboxylic acids is 4. The number of rotatable bonds is 10. The van der Waals surface area contributed by atoms with E-state index in [2.05, 4.69) is 5.32 Å². The molecule has 2 N–H and O–H groups in total. The third-order valence-electron chi connectivity index (χ3n) is 3.85. The predicted octanol–water partition coefficient (Wildman–Crippen LogP) is 3.33. The number of carbonyl (C=O) groups is 4. The molecule has 30 heavy (non-hydrogen) atoms. The molecule has 0 saturated heterocycles. The van der Waals surface area contributed by atoms with Gasteiger partial charge in [0.05, 0.1) is 13.0 Å². The highest BCUT2D eigenvalue weighted by Gasteiger charge is 2.13. The Bertz CT molecular complexity index is 865. The Labute approximate surface area is 174 Å². The summed E-state index contributed by atoms with van der Waals surface area (Å²) in [5.74, 6) is -1.02. The van der Waals surface area contributed by atoms with Gasteiger partial charge in [0, 0.05) is 17.7 Å². The van der Waals surface area contributed by atoms with E-state index in [-0.39, 0.29) is 18.6 Å². The number of nitrogens with one attached hydrogen (secondary N) is 2. The molecule has 0 aliphatic heterocycles. The molecule has 0 aliphatic rings. The number of anilines is 1. The Morgan fingerprint density at radius 1 is 0.900 bits per heavy atom. The number of ketones is 1. The van der Waals surface area contributed by atoms with Crippen LogP contribution in [0.4, 0.5) is 10.5 Å². The van der Waals surface area contributed by atoms with Crippen LogP contribution in [0.5, 0.6) is 5.75 Å². The summed E-state index contributed by atoms with van der Waals surface area (Å²) in [4.78, 5) is 47.3. The van der Waals surface area contributed by atoms with Crippen LogP contribution in [-0.4, -0.2) is 36.9 Å². The second kappa shape index (κ2) is 12.0. The van der Waals surface area contributed by atoms with Crippen molar-refractivity contribution in [1.82, 2.24) is 5.32 Å². The van der Waals surface area contributed by atoms with Crippen molar-refractivity contribution in [1.29, 1.82) is 0 Å². The zero-order valence-corrected chi connectivity index (χ0v) is 16.7. The van der Waals surface area contributed by atoms with Crippen molar-refractivity contribution in [2.45, 2.75) is 26.2 Å². The van der Waals surface area contributed by atoms with Crippen LogP contribution in [0.3, 0.4) is 0 Å². The highest BCUT2D eigenvalue weighted by Crippen LogP contribution is 2.14. The van der Waals surface area contributed by atoms with Crippen molar-refractivity contribution in [3.05, 3.63) is 60.2 Å². The molecule has 0 atom stereocenters. The standard InChI is InChI=1S/C22H24N2O6/c1-2-14-29-18-10-8-16(9-11-18)19(25)12-13-21(27)30-15-20(26)24-22(28)23-17-6-4-3-5-7-17/h3-11H,2,12-15H2,1H3,(H2,23,24,26,28). The van der Waals surface area contributed by atoms with Gasteiger partial charge in [0.1, 0.15) is 5.75 Å². The van der Waals surface area contributed by atoms with Crippen LogP contribution in [0.1, 0.15) is 36.5 Å². The lowest BCUT2D eigenvalue weighted by molar-refractivity contribution is -0.148.